The molecular formula is C17H29NO2. The Balaban J connectivity index is 2.45. The predicted octanol–water partition coefficient (Wildman–Crippen LogP) is 3.87. The summed E-state index contributed by atoms with van der Waals surface area (Å²) in [5.41, 5.74) is 2.54. The van der Waals surface area contributed by atoms with Gasteiger partial charge in [-0.3, -0.25) is 9.59 Å². The van der Waals surface area contributed by atoms with Gasteiger partial charge in [-0.2, -0.15) is 0 Å². The summed E-state index contributed by atoms with van der Waals surface area (Å²) >= 11 is 0. The van der Waals surface area contributed by atoms with Crippen LogP contribution in [-0.2, 0) is 9.59 Å². The van der Waals surface area contributed by atoms with Crippen molar-refractivity contribution < 1.29 is 9.59 Å². The lowest BCUT2D eigenvalue weighted by Gasteiger charge is -2.20. The summed E-state index contributed by atoms with van der Waals surface area (Å²) in [7, 11) is 1.85. The molecule has 0 atom stereocenters. The molecule has 0 unspecified atom stereocenters. The van der Waals surface area contributed by atoms with Crippen LogP contribution in [0.4, 0.5) is 0 Å². The Morgan fingerprint density at radius 3 is 2.55 bits per heavy atom. The highest BCUT2D eigenvalue weighted by Gasteiger charge is 2.19. The lowest BCUT2D eigenvalue weighted by Crippen LogP contribution is -2.24. The number of amides is 1. The van der Waals surface area contributed by atoms with Crippen molar-refractivity contribution in [1.29, 1.82) is 0 Å². The Morgan fingerprint density at radius 1 is 1.15 bits per heavy atom. The number of hydrogen-bond donors (Lipinski definition) is 0. The number of rotatable bonds is 8. The molecule has 0 fully saturated rings. The maximum absolute atomic E-state index is 12.0. The first-order chi connectivity index (χ1) is 9.56. The van der Waals surface area contributed by atoms with Crippen molar-refractivity contribution in [2.24, 2.45) is 0 Å². The third-order valence-corrected chi connectivity index (χ3v) is 4.19. The van der Waals surface area contributed by atoms with Gasteiger partial charge in [-0.15, -0.1) is 0 Å². The van der Waals surface area contributed by atoms with Gasteiger partial charge in [0.2, 0.25) is 5.91 Å². The van der Waals surface area contributed by atoms with Crippen molar-refractivity contribution in [2.75, 3.05) is 13.6 Å². The van der Waals surface area contributed by atoms with Gasteiger partial charge in [-0.05, 0) is 50.5 Å². The fourth-order valence-electron chi connectivity index (χ4n) is 2.75. The van der Waals surface area contributed by atoms with E-state index >= 15 is 0 Å². The molecule has 0 radical (unpaired) electrons. The van der Waals surface area contributed by atoms with Gasteiger partial charge < -0.3 is 4.90 Å². The van der Waals surface area contributed by atoms with E-state index in [9.17, 15) is 9.59 Å². The molecular weight excluding hydrogens is 250 g/mol. The third-order valence-electron chi connectivity index (χ3n) is 4.19. The van der Waals surface area contributed by atoms with Crippen LogP contribution in [0, 0.1) is 0 Å². The topological polar surface area (TPSA) is 37.4 Å². The van der Waals surface area contributed by atoms with Gasteiger partial charge in [-0.1, -0.05) is 18.9 Å². The zero-order chi connectivity index (χ0) is 15.0. The van der Waals surface area contributed by atoms with Crippen LogP contribution >= 0.6 is 0 Å². The number of unbranched alkanes of at least 4 members (excludes halogenated alkanes) is 2. The number of carbonyl (C=O) groups excluding carboxylic acids is 2. The van der Waals surface area contributed by atoms with E-state index in [4.69, 9.17) is 0 Å². The molecule has 0 bridgehead atoms. The highest BCUT2D eigenvalue weighted by atomic mass is 16.2. The van der Waals surface area contributed by atoms with Crippen LogP contribution < -0.4 is 0 Å². The zero-order valence-corrected chi connectivity index (χ0v) is 13.3. The smallest absolute Gasteiger partial charge is 0.219 e. The van der Waals surface area contributed by atoms with Gasteiger partial charge in [0.25, 0.3) is 0 Å². The fourth-order valence-corrected chi connectivity index (χ4v) is 2.75. The number of hydrogen-bond acceptors (Lipinski definition) is 2. The first-order valence-electron chi connectivity index (χ1n) is 8.02. The summed E-state index contributed by atoms with van der Waals surface area (Å²) in [6, 6.07) is 0. The van der Waals surface area contributed by atoms with Crippen molar-refractivity contribution in [1.82, 2.24) is 4.90 Å². The van der Waals surface area contributed by atoms with Crippen molar-refractivity contribution in [3.05, 3.63) is 11.1 Å². The molecule has 0 aromatic heterocycles. The Hall–Kier alpha value is -1.12. The summed E-state index contributed by atoms with van der Waals surface area (Å²) in [4.78, 5) is 24.9. The van der Waals surface area contributed by atoms with E-state index in [1.807, 2.05) is 7.05 Å². The number of allylic oxidation sites excluding steroid dienone is 2. The van der Waals surface area contributed by atoms with Crippen molar-refractivity contribution in [2.45, 2.75) is 71.6 Å². The van der Waals surface area contributed by atoms with E-state index in [0.29, 0.717) is 5.78 Å². The van der Waals surface area contributed by atoms with Gasteiger partial charge in [0, 0.05) is 26.9 Å². The highest BCUT2D eigenvalue weighted by molar-refractivity contribution is 5.96. The van der Waals surface area contributed by atoms with E-state index < -0.39 is 0 Å². The maximum atomic E-state index is 12.0. The van der Waals surface area contributed by atoms with Crippen LogP contribution in [0.2, 0.25) is 0 Å². The average molecular weight is 279 g/mol. The summed E-state index contributed by atoms with van der Waals surface area (Å²) in [6.45, 7) is 4.59. The first kappa shape index (κ1) is 16.9. The van der Waals surface area contributed by atoms with Crippen molar-refractivity contribution in [3.63, 3.8) is 0 Å². The number of ketones is 1. The molecule has 0 saturated carbocycles. The Bertz CT molecular complexity index is 371. The van der Waals surface area contributed by atoms with E-state index in [1.165, 1.54) is 5.57 Å². The molecule has 0 aromatic rings. The van der Waals surface area contributed by atoms with Crippen LogP contribution in [-0.4, -0.2) is 30.2 Å². The van der Waals surface area contributed by atoms with Crippen molar-refractivity contribution in [3.8, 4) is 0 Å². The summed E-state index contributed by atoms with van der Waals surface area (Å²) in [6.07, 6.45) is 9.25. The zero-order valence-electron chi connectivity index (χ0n) is 13.3. The van der Waals surface area contributed by atoms with Gasteiger partial charge in [0.05, 0.1) is 0 Å². The van der Waals surface area contributed by atoms with Crippen LogP contribution in [0.3, 0.4) is 0 Å². The standard InChI is InChI=1S/C17H29NO2/c1-4-5-11-16-15(10-8-12-17(16)20)9-6-7-13-18(3)14(2)19/h4-13H2,1-3H3. The second-order valence-electron chi connectivity index (χ2n) is 5.86. The number of carbonyl (C=O) groups is 2. The molecule has 3 heteroatoms. The summed E-state index contributed by atoms with van der Waals surface area (Å²) in [5.74, 6) is 0.515. The molecule has 0 heterocycles. The quantitative estimate of drug-likeness (QED) is 0.632. The molecule has 3 nitrogen and oxygen atoms in total. The minimum Gasteiger partial charge on any atom is -0.346 e. The highest BCUT2D eigenvalue weighted by Crippen LogP contribution is 2.29. The fraction of sp³-hybridized carbons (Fsp3) is 0.765. The summed E-state index contributed by atoms with van der Waals surface area (Å²) < 4.78 is 0. The molecule has 0 aromatic carbocycles. The second-order valence-corrected chi connectivity index (χ2v) is 5.86. The maximum Gasteiger partial charge on any atom is 0.219 e. The minimum absolute atomic E-state index is 0.126. The molecule has 114 valence electrons. The molecule has 0 N–H and O–H groups in total. The van der Waals surface area contributed by atoms with E-state index in [2.05, 4.69) is 6.92 Å². The van der Waals surface area contributed by atoms with Crippen LogP contribution in [0.1, 0.15) is 71.6 Å². The van der Waals surface area contributed by atoms with E-state index in [1.54, 1.807) is 11.8 Å². The first-order valence-corrected chi connectivity index (χ1v) is 8.02. The third kappa shape index (κ3) is 5.48. The Morgan fingerprint density at radius 2 is 1.90 bits per heavy atom. The van der Waals surface area contributed by atoms with Gasteiger partial charge in [0.1, 0.15) is 0 Å². The second kappa shape index (κ2) is 8.93. The van der Waals surface area contributed by atoms with Gasteiger partial charge >= 0.3 is 0 Å². The van der Waals surface area contributed by atoms with Crippen LogP contribution in [0.25, 0.3) is 0 Å². The van der Waals surface area contributed by atoms with Gasteiger partial charge in [0.15, 0.2) is 5.78 Å². The molecule has 0 saturated heterocycles. The molecule has 1 rings (SSSR count). The lowest BCUT2D eigenvalue weighted by molar-refractivity contribution is -0.127. The largest absolute Gasteiger partial charge is 0.346 e. The number of nitrogens with zero attached hydrogens (tertiary/aromatic N) is 1. The molecule has 0 spiro atoms. The number of Topliss-reactive ketones (excluding diaryl/α,β-unsaturated/α-hetero) is 1. The molecule has 0 aliphatic heterocycles. The lowest BCUT2D eigenvalue weighted by atomic mass is 9.85. The molecule has 1 aliphatic rings. The van der Waals surface area contributed by atoms with Crippen molar-refractivity contribution >= 4 is 11.7 Å². The molecule has 1 aliphatic carbocycles. The average Bonchev–Trinajstić information content (AvgIpc) is 2.42. The van der Waals surface area contributed by atoms with Gasteiger partial charge in [-0.25, -0.2) is 0 Å². The SMILES string of the molecule is CCCCC1=C(CCCCN(C)C(C)=O)CCCC1=O. The van der Waals surface area contributed by atoms with E-state index in [0.717, 1.165) is 69.9 Å². The van der Waals surface area contributed by atoms with Crippen LogP contribution in [0.5, 0.6) is 0 Å². The Kier molecular flexibility index (Phi) is 7.56. The molecule has 1 amide bonds. The van der Waals surface area contributed by atoms with E-state index in [-0.39, 0.29) is 5.91 Å². The minimum atomic E-state index is 0.126. The predicted molar refractivity (Wildman–Crippen MR) is 82.6 cm³/mol. The summed E-state index contributed by atoms with van der Waals surface area (Å²) in [5, 5.41) is 0. The Labute approximate surface area is 123 Å². The monoisotopic (exact) mass is 279 g/mol. The van der Waals surface area contributed by atoms with Crippen LogP contribution in [0.15, 0.2) is 11.1 Å². The molecule has 20 heavy (non-hydrogen) atoms. The normalized spacial score (nSPS) is 15.7.